The number of likely N-dealkylation sites (tertiary alicyclic amines) is 1. The van der Waals surface area contributed by atoms with Gasteiger partial charge in [-0.05, 0) is 50.7 Å². The molecule has 1 N–H and O–H groups in total. The van der Waals surface area contributed by atoms with Gasteiger partial charge in [-0.1, -0.05) is 23.7 Å². The molecule has 0 bridgehead atoms. The van der Waals surface area contributed by atoms with Gasteiger partial charge in [-0.15, -0.1) is 0 Å². The van der Waals surface area contributed by atoms with Gasteiger partial charge in [-0.2, -0.15) is 0 Å². The smallest absolute Gasteiger partial charge is 0.252 e. The van der Waals surface area contributed by atoms with Crippen LogP contribution in [0.5, 0.6) is 0 Å². The van der Waals surface area contributed by atoms with E-state index in [-0.39, 0.29) is 11.9 Å². The zero-order valence-corrected chi connectivity index (χ0v) is 15.3. The Morgan fingerprint density at radius 3 is 3.00 bits per heavy atom. The monoisotopic (exact) mass is 369 g/mol. The molecule has 1 aliphatic heterocycles. The summed E-state index contributed by atoms with van der Waals surface area (Å²) in [5.41, 5.74) is 1.77. The summed E-state index contributed by atoms with van der Waals surface area (Å²) < 4.78 is 5.46. The molecule has 1 atom stereocenters. The number of para-hydroxylation sites is 1. The van der Waals surface area contributed by atoms with Gasteiger partial charge in [-0.3, -0.25) is 4.79 Å². The predicted octanol–water partition coefficient (Wildman–Crippen LogP) is 3.97. The van der Waals surface area contributed by atoms with Crippen molar-refractivity contribution >= 4 is 28.4 Å². The van der Waals surface area contributed by atoms with Crippen LogP contribution in [-0.2, 0) is 0 Å². The highest BCUT2D eigenvalue weighted by Gasteiger charge is 2.22. The quantitative estimate of drug-likeness (QED) is 0.758. The Bertz CT molecular complexity index is 940. The lowest BCUT2D eigenvalue weighted by Gasteiger charge is -2.30. The van der Waals surface area contributed by atoms with Crippen molar-refractivity contribution in [3.63, 3.8) is 0 Å². The molecule has 0 radical (unpaired) electrons. The molecule has 26 heavy (non-hydrogen) atoms. The summed E-state index contributed by atoms with van der Waals surface area (Å²) in [5, 5.41) is 4.43. The van der Waals surface area contributed by atoms with Gasteiger partial charge >= 0.3 is 0 Å². The van der Waals surface area contributed by atoms with E-state index in [9.17, 15) is 4.79 Å². The first kappa shape index (κ1) is 17.1. The summed E-state index contributed by atoms with van der Waals surface area (Å²) in [5.74, 6) is 0.506. The molecule has 1 amide bonds. The zero-order valence-electron chi connectivity index (χ0n) is 14.5. The molecule has 2 aromatic heterocycles. The number of nitrogens with one attached hydrogen (secondary N) is 1. The van der Waals surface area contributed by atoms with Gasteiger partial charge < -0.3 is 14.6 Å². The van der Waals surface area contributed by atoms with Gasteiger partial charge in [0, 0.05) is 18.0 Å². The number of hydrogen-bond acceptors (Lipinski definition) is 4. The Kier molecular flexibility index (Phi) is 4.66. The fraction of sp³-hybridized carbons (Fsp3) is 0.300. The molecular weight excluding hydrogens is 350 g/mol. The average Bonchev–Trinajstić information content (AvgIpc) is 3.16. The molecule has 4 rings (SSSR count). The molecule has 0 aliphatic carbocycles. The highest BCUT2D eigenvalue weighted by atomic mass is 35.5. The first-order chi connectivity index (χ1) is 12.6. The van der Waals surface area contributed by atoms with Crippen LogP contribution in [0.25, 0.3) is 22.4 Å². The van der Waals surface area contributed by atoms with Crippen molar-refractivity contribution in [3.8, 4) is 11.5 Å². The summed E-state index contributed by atoms with van der Waals surface area (Å²) in [6, 6.07) is 11.0. The second-order valence-electron chi connectivity index (χ2n) is 6.74. The fourth-order valence-electron chi connectivity index (χ4n) is 3.50. The third kappa shape index (κ3) is 3.32. The number of furan rings is 1. The standard InChI is InChI=1S/C20H20ClN3O2/c1-24-9-3-5-13(12-24)22-20(25)15-11-17(18-8-4-10-26-18)23-19-14(15)6-2-7-16(19)21/h2,4,6-8,10-11,13H,3,5,9,12H2,1H3,(H,22,25)/t13-/m0/s1. The van der Waals surface area contributed by atoms with Crippen molar-refractivity contribution < 1.29 is 9.21 Å². The van der Waals surface area contributed by atoms with Crippen molar-refractivity contribution in [3.05, 3.63) is 53.2 Å². The van der Waals surface area contributed by atoms with E-state index in [0.717, 1.165) is 31.3 Å². The topological polar surface area (TPSA) is 58.4 Å². The van der Waals surface area contributed by atoms with Crippen LogP contribution in [0.2, 0.25) is 5.02 Å². The molecule has 0 spiro atoms. The Labute approximate surface area is 157 Å². The van der Waals surface area contributed by atoms with Gasteiger partial charge in [-0.25, -0.2) is 4.98 Å². The minimum Gasteiger partial charge on any atom is -0.463 e. The number of carbonyl (C=O) groups excluding carboxylic acids is 1. The van der Waals surface area contributed by atoms with Gasteiger partial charge in [0.25, 0.3) is 5.91 Å². The van der Waals surface area contributed by atoms with Crippen molar-refractivity contribution in [2.24, 2.45) is 0 Å². The van der Waals surface area contributed by atoms with Crippen molar-refractivity contribution in [2.45, 2.75) is 18.9 Å². The largest absolute Gasteiger partial charge is 0.463 e. The third-order valence-corrected chi connectivity index (χ3v) is 5.07. The van der Waals surface area contributed by atoms with E-state index >= 15 is 0 Å². The molecule has 1 aliphatic rings. The summed E-state index contributed by atoms with van der Waals surface area (Å²) in [6.07, 6.45) is 3.67. The number of amides is 1. The minimum absolute atomic E-state index is 0.104. The predicted molar refractivity (Wildman–Crippen MR) is 102 cm³/mol. The van der Waals surface area contributed by atoms with Crippen molar-refractivity contribution in [1.82, 2.24) is 15.2 Å². The van der Waals surface area contributed by atoms with E-state index in [2.05, 4.69) is 22.2 Å². The molecule has 0 saturated carbocycles. The highest BCUT2D eigenvalue weighted by Crippen LogP contribution is 2.29. The number of rotatable bonds is 3. The third-order valence-electron chi connectivity index (χ3n) is 4.77. The summed E-state index contributed by atoms with van der Waals surface area (Å²) in [4.78, 5) is 19.9. The van der Waals surface area contributed by atoms with Crippen LogP contribution in [0.1, 0.15) is 23.2 Å². The van der Waals surface area contributed by atoms with Crippen molar-refractivity contribution in [1.29, 1.82) is 0 Å². The Balaban J connectivity index is 1.75. The molecular formula is C20H20ClN3O2. The first-order valence-corrected chi connectivity index (χ1v) is 9.12. The van der Waals surface area contributed by atoms with E-state index in [0.29, 0.717) is 27.6 Å². The van der Waals surface area contributed by atoms with E-state index in [4.69, 9.17) is 16.0 Å². The van der Waals surface area contributed by atoms with E-state index < -0.39 is 0 Å². The molecule has 5 nitrogen and oxygen atoms in total. The average molecular weight is 370 g/mol. The Hall–Kier alpha value is -2.37. The maximum atomic E-state index is 13.0. The second kappa shape index (κ2) is 7.09. The Morgan fingerprint density at radius 2 is 2.23 bits per heavy atom. The number of nitrogens with zero attached hydrogens (tertiary/aromatic N) is 2. The number of hydrogen-bond donors (Lipinski definition) is 1. The molecule has 6 heteroatoms. The van der Waals surface area contributed by atoms with Crippen LogP contribution in [0, 0.1) is 0 Å². The number of piperidine rings is 1. The number of likely N-dealkylation sites (N-methyl/N-ethyl adjacent to an activating group) is 1. The van der Waals surface area contributed by atoms with Crippen LogP contribution in [0.4, 0.5) is 0 Å². The molecule has 1 aromatic carbocycles. The summed E-state index contributed by atoms with van der Waals surface area (Å²) in [6.45, 7) is 1.93. The van der Waals surface area contributed by atoms with E-state index in [1.807, 2.05) is 18.2 Å². The molecule has 1 saturated heterocycles. The zero-order chi connectivity index (χ0) is 18.1. The minimum atomic E-state index is -0.104. The van der Waals surface area contributed by atoms with Gasteiger partial charge in [0.1, 0.15) is 5.69 Å². The fourth-order valence-corrected chi connectivity index (χ4v) is 3.72. The normalized spacial score (nSPS) is 18.2. The maximum absolute atomic E-state index is 13.0. The number of halogens is 1. The van der Waals surface area contributed by atoms with Crippen LogP contribution in [0.3, 0.4) is 0 Å². The van der Waals surface area contributed by atoms with Gasteiger partial charge in [0.2, 0.25) is 0 Å². The van der Waals surface area contributed by atoms with E-state index in [1.165, 1.54) is 0 Å². The summed E-state index contributed by atoms with van der Waals surface area (Å²) >= 11 is 6.35. The molecule has 3 heterocycles. The molecule has 134 valence electrons. The van der Waals surface area contributed by atoms with Crippen LogP contribution >= 0.6 is 11.6 Å². The number of pyridine rings is 1. The SMILES string of the molecule is CN1CCC[C@H](NC(=O)c2cc(-c3ccco3)nc3c(Cl)cccc23)C1. The van der Waals surface area contributed by atoms with Gasteiger partial charge in [0.05, 0.1) is 22.4 Å². The van der Waals surface area contributed by atoms with Crippen LogP contribution in [-0.4, -0.2) is 42.0 Å². The lowest BCUT2D eigenvalue weighted by atomic mass is 10.0. The molecule has 0 unspecified atom stereocenters. The summed E-state index contributed by atoms with van der Waals surface area (Å²) in [7, 11) is 2.08. The van der Waals surface area contributed by atoms with Gasteiger partial charge in [0.15, 0.2) is 5.76 Å². The first-order valence-electron chi connectivity index (χ1n) is 8.74. The number of benzene rings is 1. The number of fused-ring (bicyclic) bond motifs is 1. The van der Waals surface area contributed by atoms with Crippen LogP contribution < -0.4 is 5.32 Å². The molecule has 3 aromatic rings. The molecule has 1 fully saturated rings. The highest BCUT2D eigenvalue weighted by molar-refractivity contribution is 6.35. The maximum Gasteiger partial charge on any atom is 0.252 e. The number of carbonyl (C=O) groups is 1. The number of aromatic nitrogens is 1. The Morgan fingerprint density at radius 1 is 1.35 bits per heavy atom. The van der Waals surface area contributed by atoms with Crippen molar-refractivity contribution in [2.75, 3.05) is 20.1 Å². The lowest BCUT2D eigenvalue weighted by molar-refractivity contribution is 0.0914. The van der Waals surface area contributed by atoms with E-state index in [1.54, 1.807) is 24.5 Å². The lowest BCUT2D eigenvalue weighted by Crippen LogP contribution is -2.46. The van der Waals surface area contributed by atoms with Crippen LogP contribution in [0.15, 0.2) is 47.1 Å². The second-order valence-corrected chi connectivity index (χ2v) is 7.15.